The van der Waals surface area contributed by atoms with E-state index >= 15 is 0 Å². The average Bonchev–Trinajstić information content (AvgIpc) is 2.93. The second kappa shape index (κ2) is 7.11. The summed E-state index contributed by atoms with van der Waals surface area (Å²) in [4.78, 5) is 3.72. The summed E-state index contributed by atoms with van der Waals surface area (Å²) >= 11 is 6.65. The topological polar surface area (TPSA) is 29.3 Å². The largest absolute Gasteiger partial charge is 0.389 e. The standard InChI is InChI=1S/C16H19FN2S2/c1-11(8-13-4-3-7-21-13)19(2)10-12-5-6-15(17)14(9-12)16(18)20/h3-7,9,11H,8,10H2,1-2H3,(H2,18,20). The van der Waals surface area contributed by atoms with E-state index in [0.717, 1.165) is 18.5 Å². The molecule has 0 aliphatic carbocycles. The van der Waals surface area contributed by atoms with E-state index in [9.17, 15) is 4.39 Å². The quantitative estimate of drug-likeness (QED) is 0.824. The number of likely N-dealkylation sites (N-methyl/N-ethyl adjacent to an activating group) is 1. The van der Waals surface area contributed by atoms with Crippen molar-refractivity contribution in [3.05, 3.63) is 57.5 Å². The van der Waals surface area contributed by atoms with Crippen molar-refractivity contribution in [2.45, 2.75) is 25.9 Å². The van der Waals surface area contributed by atoms with E-state index in [-0.39, 0.29) is 10.8 Å². The van der Waals surface area contributed by atoms with Crippen molar-refractivity contribution in [3.8, 4) is 0 Å². The summed E-state index contributed by atoms with van der Waals surface area (Å²) in [6, 6.07) is 9.58. The number of halogens is 1. The molecule has 2 aromatic rings. The Kier molecular flexibility index (Phi) is 5.45. The van der Waals surface area contributed by atoms with Crippen LogP contribution in [0.4, 0.5) is 4.39 Å². The number of benzene rings is 1. The first-order valence-corrected chi connectivity index (χ1v) is 8.07. The molecule has 21 heavy (non-hydrogen) atoms. The van der Waals surface area contributed by atoms with Crippen LogP contribution in [0.3, 0.4) is 0 Å². The van der Waals surface area contributed by atoms with Gasteiger partial charge in [-0.3, -0.25) is 4.90 Å². The fourth-order valence-corrected chi connectivity index (χ4v) is 3.16. The second-order valence-corrected chi connectivity index (χ2v) is 6.70. The normalized spacial score (nSPS) is 12.6. The molecule has 0 aliphatic heterocycles. The van der Waals surface area contributed by atoms with Gasteiger partial charge in [-0.15, -0.1) is 11.3 Å². The van der Waals surface area contributed by atoms with Crippen LogP contribution in [-0.2, 0) is 13.0 Å². The van der Waals surface area contributed by atoms with Crippen LogP contribution >= 0.6 is 23.6 Å². The van der Waals surface area contributed by atoms with E-state index < -0.39 is 0 Å². The minimum absolute atomic E-state index is 0.101. The van der Waals surface area contributed by atoms with Gasteiger partial charge in [-0.25, -0.2) is 4.39 Å². The third-order valence-corrected chi connectivity index (χ3v) is 4.68. The summed E-state index contributed by atoms with van der Waals surface area (Å²) in [6.45, 7) is 2.93. The zero-order valence-electron chi connectivity index (χ0n) is 12.2. The SMILES string of the molecule is CC(Cc1cccs1)N(C)Cc1ccc(F)c(C(N)=S)c1. The van der Waals surface area contributed by atoms with Crippen LogP contribution in [0.1, 0.15) is 22.9 Å². The Balaban J connectivity index is 2.03. The van der Waals surface area contributed by atoms with Gasteiger partial charge in [0.05, 0.1) is 0 Å². The first-order valence-electron chi connectivity index (χ1n) is 6.78. The van der Waals surface area contributed by atoms with Gasteiger partial charge in [0.1, 0.15) is 10.8 Å². The van der Waals surface area contributed by atoms with Gasteiger partial charge in [-0.05, 0) is 49.5 Å². The summed E-state index contributed by atoms with van der Waals surface area (Å²) in [6.07, 6.45) is 1.01. The average molecular weight is 322 g/mol. The Hall–Kier alpha value is -1.30. The molecule has 2 nitrogen and oxygen atoms in total. The molecule has 0 bridgehead atoms. The Bertz CT molecular complexity index is 611. The van der Waals surface area contributed by atoms with Gasteiger partial charge in [0.25, 0.3) is 0 Å². The van der Waals surface area contributed by atoms with Crippen LogP contribution in [0.15, 0.2) is 35.7 Å². The maximum atomic E-state index is 13.6. The molecule has 1 aromatic heterocycles. The highest BCUT2D eigenvalue weighted by molar-refractivity contribution is 7.80. The zero-order valence-corrected chi connectivity index (χ0v) is 13.8. The van der Waals surface area contributed by atoms with E-state index in [2.05, 4.69) is 36.4 Å². The minimum Gasteiger partial charge on any atom is -0.389 e. The van der Waals surface area contributed by atoms with Crippen molar-refractivity contribution >= 4 is 28.5 Å². The number of thiophene rings is 1. The lowest BCUT2D eigenvalue weighted by atomic mass is 10.1. The van der Waals surface area contributed by atoms with Crippen LogP contribution in [0.5, 0.6) is 0 Å². The summed E-state index contributed by atoms with van der Waals surface area (Å²) in [5, 5.41) is 2.09. The minimum atomic E-state index is -0.361. The van der Waals surface area contributed by atoms with E-state index in [1.807, 2.05) is 0 Å². The highest BCUT2D eigenvalue weighted by Gasteiger charge is 2.13. The molecule has 2 N–H and O–H groups in total. The molecule has 0 aliphatic rings. The molecule has 0 fully saturated rings. The third kappa shape index (κ3) is 4.33. The summed E-state index contributed by atoms with van der Waals surface area (Å²) < 4.78 is 13.6. The number of rotatable bonds is 6. The van der Waals surface area contributed by atoms with Crippen molar-refractivity contribution in [3.63, 3.8) is 0 Å². The number of hydrogen-bond donors (Lipinski definition) is 1. The van der Waals surface area contributed by atoms with Gasteiger partial charge in [0.2, 0.25) is 0 Å². The molecule has 0 spiro atoms. The van der Waals surface area contributed by atoms with Crippen molar-refractivity contribution in [2.24, 2.45) is 5.73 Å². The molecular weight excluding hydrogens is 303 g/mol. The second-order valence-electron chi connectivity index (χ2n) is 5.23. The van der Waals surface area contributed by atoms with Gasteiger partial charge >= 0.3 is 0 Å². The number of nitrogens with two attached hydrogens (primary N) is 1. The molecule has 1 unspecified atom stereocenters. The van der Waals surface area contributed by atoms with Crippen LogP contribution in [0.2, 0.25) is 0 Å². The molecule has 2 rings (SSSR count). The van der Waals surface area contributed by atoms with E-state index in [4.69, 9.17) is 18.0 Å². The number of thiocarbonyl (C=S) groups is 1. The Morgan fingerprint density at radius 2 is 2.19 bits per heavy atom. The van der Waals surface area contributed by atoms with Gasteiger partial charge in [0.15, 0.2) is 0 Å². The maximum absolute atomic E-state index is 13.6. The maximum Gasteiger partial charge on any atom is 0.133 e. The lowest BCUT2D eigenvalue weighted by Crippen LogP contribution is -2.30. The first kappa shape index (κ1) is 16.1. The fourth-order valence-electron chi connectivity index (χ4n) is 2.18. The predicted octanol–water partition coefficient (Wildman–Crippen LogP) is 3.58. The molecule has 0 saturated heterocycles. The predicted molar refractivity (Wildman–Crippen MR) is 91.2 cm³/mol. The smallest absolute Gasteiger partial charge is 0.133 e. The summed E-state index contributed by atoms with van der Waals surface area (Å²) in [5.74, 6) is -0.361. The Morgan fingerprint density at radius 3 is 2.81 bits per heavy atom. The Morgan fingerprint density at radius 1 is 1.43 bits per heavy atom. The van der Waals surface area contributed by atoms with Gasteiger partial charge < -0.3 is 5.73 Å². The lowest BCUT2D eigenvalue weighted by Gasteiger charge is -2.24. The molecule has 1 atom stereocenters. The lowest BCUT2D eigenvalue weighted by molar-refractivity contribution is 0.249. The van der Waals surface area contributed by atoms with E-state index in [0.29, 0.717) is 11.6 Å². The molecule has 0 saturated carbocycles. The van der Waals surface area contributed by atoms with Crippen LogP contribution in [-0.4, -0.2) is 23.0 Å². The van der Waals surface area contributed by atoms with Gasteiger partial charge in [-0.1, -0.05) is 24.4 Å². The van der Waals surface area contributed by atoms with Crippen LogP contribution in [0, 0.1) is 5.82 Å². The summed E-state index contributed by atoms with van der Waals surface area (Å²) in [7, 11) is 2.07. The molecule has 112 valence electrons. The third-order valence-electron chi connectivity index (χ3n) is 3.56. The van der Waals surface area contributed by atoms with Crippen molar-refractivity contribution in [1.29, 1.82) is 0 Å². The molecule has 5 heteroatoms. The highest BCUT2D eigenvalue weighted by atomic mass is 32.1. The fraction of sp³-hybridized carbons (Fsp3) is 0.312. The van der Waals surface area contributed by atoms with Crippen molar-refractivity contribution < 1.29 is 4.39 Å². The van der Waals surface area contributed by atoms with Crippen molar-refractivity contribution in [2.75, 3.05) is 7.05 Å². The summed E-state index contributed by atoms with van der Waals surface area (Å²) in [5.41, 5.74) is 6.88. The number of hydrogen-bond acceptors (Lipinski definition) is 3. The number of nitrogens with zero attached hydrogens (tertiary/aromatic N) is 1. The zero-order chi connectivity index (χ0) is 15.4. The van der Waals surface area contributed by atoms with Gasteiger partial charge in [0, 0.05) is 23.0 Å². The Labute approximate surface area is 134 Å². The van der Waals surface area contributed by atoms with Gasteiger partial charge in [-0.2, -0.15) is 0 Å². The molecule has 0 radical (unpaired) electrons. The highest BCUT2D eigenvalue weighted by Crippen LogP contribution is 2.17. The van der Waals surface area contributed by atoms with E-state index in [1.165, 1.54) is 10.9 Å². The molecule has 0 amide bonds. The molecule has 1 heterocycles. The van der Waals surface area contributed by atoms with Crippen LogP contribution in [0.25, 0.3) is 0 Å². The van der Waals surface area contributed by atoms with E-state index in [1.54, 1.807) is 23.5 Å². The monoisotopic (exact) mass is 322 g/mol. The first-order chi connectivity index (χ1) is 9.97. The van der Waals surface area contributed by atoms with Crippen molar-refractivity contribution in [1.82, 2.24) is 4.90 Å². The molecule has 1 aromatic carbocycles. The van der Waals surface area contributed by atoms with Crippen LogP contribution < -0.4 is 5.73 Å². The molecular formula is C16H19FN2S2.